The Morgan fingerprint density at radius 3 is 2.74 bits per heavy atom. The number of unbranched alkanes of at least 4 members (excludes halogenated alkanes) is 1. The van der Waals surface area contributed by atoms with Crippen molar-refractivity contribution in [3.05, 3.63) is 65.6 Å². The molecule has 2 N–H and O–H groups in total. The lowest BCUT2D eigenvalue weighted by molar-refractivity contribution is -0.116. The molecule has 2 aliphatic heterocycles. The molecule has 178 valence electrons. The van der Waals surface area contributed by atoms with Crippen LogP contribution in [0.3, 0.4) is 0 Å². The number of aliphatic hydroxyl groups excluding tert-OH is 1. The summed E-state index contributed by atoms with van der Waals surface area (Å²) < 4.78 is 13.8. The van der Waals surface area contributed by atoms with Crippen molar-refractivity contribution < 1.29 is 14.3 Å². The Balaban J connectivity index is 1.08. The standard InChI is InChI=1S/C27H31FN4O2/c28-21-10-7-19-4-3-5-24(22(19)18-21)32-16-14-31(15-17-32)13-2-1-6-25(33)23-11-8-20-9-12-26(34)30-27(20)29-23/h3-5,7-8,10-11,18,25,33H,1-2,6,9,12-17H2,(H,29,30,34)/t25-/m1/s1. The van der Waals surface area contributed by atoms with Crippen molar-refractivity contribution in [3.63, 3.8) is 0 Å². The summed E-state index contributed by atoms with van der Waals surface area (Å²) in [5.74, 6) is 0.384. The summed E-state index contributed by atoms with van der Waals surface area (Å²) in [6.45, 7) is 4.78. The largest absolute Gasteiger partial charge is 0.387 e. The number of carbonyl (C=O) groups is 1. The van der Waals surface area contributed by atoms with Crippen molar-refractivity contribution in [2.45, 2.75) is 38.2 Å². The van der Waals surface area contributed by atoms with Crippen LogP contribution in [0.25, 0.3) is 10.8 Å². The van der Waals surface area contributed by atoms with Gasteiger partial charge in [-0.25, -0.2) is 9.37 Å². The molecule has 1 atom stereocenters. The van der Waals surface area contributed by atoms with Crippen molar-refractivity contribution in [1.82, 2.24) is 9.88 Å². The van der Waals surface area contributed by atoms with Gasteiger partial charge in [-0.15, -0.1) is 0 Å². The third kappa shape index (κ3) is 5.05. The summed E-state index contributed by atoms with van der Waals surface area (Å²) in [5, 5.41) is 15.4. The highest BCUT2D eigenvalue weighted by Crippen LogP contribution is 2.29. The summed E-state index contributed by atoms with van der Waals surface area (Å²) in [6, 6.07) is 15.0. The van der Waals surface area contributed by atoms with Crippen LogP contribution in [-0.2, 0) is 11.2 Å². The molecule has 0 radical (unpaired) electrons. The van der Waals surface area contributed by atoms with Gasteiger partial charge in [-0.2, -0.15) is 0 Å². The number of nitrogens with one attached hydrogen (secondary N) is 1. The van der Waals surface area contributed by atoms with Crippen molar-refractivity contribution >= 4 is 28.2 Å². The van der Waals surface area contributed by atoms with Gasteiger partial charge in [0.1, 0.15) is 11.6 Å². The number of hydrogen-bond acceptors (Lipinski definition) is 5. The molecule has 1 amide bonds. The summed E-state index contributed by atoms with van der Waals surface area (Å²) in [4.78, 5) is 20.9. The Bertz CT molecular complexity index is 1180. The van der Waals surface area contributed by atoms with Gasteiger partial charge in [0.2, 0.25) is 5.91 Å². The Hall–Kier alpha value is -3.03. The molecule has 0 unspecified atom stereocenters. The topological polar surface area (TPSA) is 68.7 Å². The fourth-order valence-electron chi connectivity index (χ4n) is 4.98. The normalized spacial score (nSPS) is 17.5. The van der Waals surface area contributed by atoms with Crippen LogP contribution < -0.4 is 10.2 Å². The van der Waals surface area contributed by atoms with Crippen LogP contribution in [0.1, 0.15) is 43.0 Å². The maximum absolute atomic E-state index is 13.8. The van der Waals surface area contributed by atoms with Gasteiger partial charge in [0.05, 0.1) is 11.8 Å². The second-order valence-corrected chi connectivity index (χ2v) is 9.27. The number of aromatic nitrogens is 1. The molecule has 1 saturated heterocycles. The number of carbonyl (C=O) groups excluding carboxylic acids is 1. The number of nitrogens with zero attached hydrogens (tertiary/aromatic N) is 3. The van der Waals surface area contributed by atoms with Crippen molar-refractivity contribution in [1.29, 1.82) is 0 Å². The molecule has 2 aromatic carbocycles. The molecule has 1 aromatic heterocycles. The Kier molecular flexibility index (Phi) is 6.74. The zero-order chi connectivity index (χ0) is 23.5. The molecular formula is C27H31FN4O2. The number of amides is 1. The van der Waals surface area contributed by atoms with E-state index in [1.807, 2.05) is 30.3 Å². The first-order chi connectivity index (χ1) is 16.6. The SMILES string of the molecule is O=C1CCc2ccc([C@H](O)CCCCN3CCN(c4cccc5ccc(F)cc45)CC3)nc2N1. The third-order valence-electron chi connectivity index (χ3n) is 6.96. The smallest absolute Gasteiger partial charge is 0.225 e. The average Bonchev–Trinajstić information content (AvgIpc) is 2.86. The first kappa shape index (κ1) is 22.7. The predicted octanol–water partition coefficient (Wildman–Crippen LogP) is 4.28. The van der Waals surface area contributed by atoms with Crippen LogP contribution in [-0.4, -0.2) is 53.6 Å². The molecule has 2 aliphatic rings. The number of benzene rings is 2. The van der Waals surface area contributed by atoms with E-state index in [0.29, 0.717) is 30.8 Å². The third-order valence-corrected chi connectivity index (χ3v) is 6.96. The van der Waals surface area contributed by atoms with Gasteiger partial charge in [-0.3, -0.25) is 9.69 Å². The molecule has 0 aliphatic carbocycles. The van der Waals surface area contributed by atoms with E-state index in [9.17, 15) is 14.3 Å². The lowest BCUT2D eigenvalue weighted by atomic mass is 10.0. The van der Waals surface area contributed by atoms with E-state index in [1.165, 1.54) is 6.07 Å². The first-order valence-electron chi connectivity index (χ1n) is 12.2. The summed E-state index contributed by atoms with van der Waals surface area (Å²) >= 11 is 0. The number of aryl methyl sites for hydroxylation is 1. The monoisotopic (exact) mass is 462 g/mol. The van der Waals surface area contributed by atoms with E-state index in [1.54, 1.807) is 6.07 Å². The number of anilines is 2. The molecule has 5 rings (SSSR count). The number of fused-ring (bicyclic) bond motifs is 2. The molecule has 1 fully saturated rings. The van der Waals surface area contributed by atoms with E-state index < -0.39 is 6.10 Å². The van der Waals surface area contributed by atoms with Crippen molar-refractivity contribution in [3.8, 4) is 0 Å². The quantitative estimate of drug-likeness (QED) is 0.513. The molecule has 0 bridgehead atoms. The Labute approximate surface area is 199 Å². The number of piperazine rings is 1. The highest BCUT2D eigenvalue weighted by molar-refractivity contribution is 5.94. The maximum atomic E-state index is 13.8. The van der Waals surface area contributed by atoms with Crippen LogP contribution in [0.2, 0.25) is 0 Å². The summed E-state index contributed by atoms with van der Waals surface area (Å²) in [7, 11) is 0. The molecule has 0 saturated carbocycles. The fraction of sp³-hybridized carbons (Fsp3) is 0.407. The molecule has 6 nitrogen and oxygen atoms in total. The number of pyridine rings is 1. The number of rotatable bonds is 7. The van der Waals surface area contributed by atoms with Crippen molar-refractivity contribution in [2.75, 3.05) is 42.9 Å². The zero-order valence-electron chi connectivity index (χ0n) is 19.3. The minimum atomic E-state index is -0.618. The fourth-order valence-corrected chi connectivity index (χ4v) is 4.98. The predicted molar refractivity (Wildman–Crippen MR) is 133 cm³/mol. The second-order valence-electron chi connectivity index (χ2n) is 9.27. The van der Waals surface area contributed by atoms with Crippen LogP contribution in [0.5, 0.6) is 0 Å². The highest BCUT2D eigenvalue weighted by Gasteiger charge is 2.20. The molecule has 3 aromatic rings. The lowest BCUT2D eigenvalue weighted by Gasteiger charge is -2.36. The number of hydrogen-bond donors (Lipinski definition) is 2. The summed E-state index contributed by atoms with van der Waals surface area (Å²) in [6.07, 6.45) is 3.16. The van der Waals surface area contributed by atoms with E-state index >= 15 is 0 Å². The van der Waals surface area contributed by atoms with Gasteiger partial charge >= 0.3 is 0 Å². The first-order valence-corrected chi connectivity index (χ1v) is 12.2. The lowest BCUT2D eigenvalue weighted by Crippen LogP contribution is -2.46. The molecular weight excluding hydrogens is 431 g/mol. The van der Waals surface area contributed by atoms with E-state index in [-0.39, 0.29) is 11.7 Å². The Morgan fingerprint density at radius 2 is 1.88 bits per heavy atom. The molecule has 7 heteroatoms. The molecule has 3 heterocycles. The minimum Gasteiger partial charge on any atom is -0.387 e. The maximum Gasteiger partial charge on any atom is 0.225 e. The van der Waals surface area contributed by atoms with Gasteiger partial charge in [0, 0.05) is 43.7 Å². The molecule has 34 heavy (non-hydrogen) atoms. The average molecular weight is 463 g/mol. The van der Waals surface area contributed by atoms with Gasteiger partial charge in [0.25, 0.3) is 0 Å². The van der Waals surface area contributed by atoms with Gasteiger partial charge in [0.15, 0.2) is 0 Å². The van der Waals surface area contributed by atoms with Crippen LogP contribution in [0, 0.1) is 5.82 Å². The van der Waals surface area contributed by atoms with Gasteiger partial charge in [-0.05, 0) is 67.4 Å². The second kappa shape index (κ2) is 10.1. The van der Waals surface area contributed by atoms with Crippen LogP contribution in [0.4, 0.5) is 15.9 Å². The van der Waals surface area contributed by atoms with E-state index in [4.69, 9.17) is 0 Å². The van der Waals surface area contributed by atoms with E-state index in [0.717, 1.165) is 67.6 Å². The number of halogens is 1. The van der Waals surface area contributed by atoms with Crippen LogP contribution >= 0.6 is 0 Å². The van der Waals surface area contributed by atoms with Gasteiger partial charge < -0.3 is 15.3 Å². The minimum absolute atomic E-state index is 0.0145. The Morgan fingerprint density at radius 1 is 1.03 bits per heavy atom. The van der Waals surface area contributed by atoms with Gasteiger partial charge in [-0.1, -0.05) is 24.3 Å². The van der Waals surface area contributed by atoms with Crippen LogP contribution in [0.15, 0.2) is 48.5 Å². The number of aliphatic hydroxyl groups is 1. The van der Waals surface area contributed by atoms with Crippen molar-refractivity contribution in [2.24, 2.45) is 0 Å². The summed E-state index contributed by atoms with van der Waals surface area (Å²) in [5.41, 5.74) is 2.76. The molecule has 0 spiro atoms. The van der Waals surface area contributed by atoms with E-state index in [2.05, 4.69) is 26.2 Å². The zero-order valence-corrected chi connectivity index (χ0v) is 19.3. The highest BCUT2D eigenvalue weighted by atomic mass is 19.1.